The number of nitrogens with zero attached hydrogens (tertiary/aromatic N) is 3. The average molecular weight is 425 g/mol. The third-order valence-electron chi connectivity index (χ3n) is 3.68. The second-order valence-electron chi connectivity index (χ2n) is 5.87. The van der Waals surface area contributed by atoms with E-state index in [0.29, 0.717) is 34.0 Å². The fourth-order valence-corrected chi connectivity index (χ4v) is 3.64. The molecule has 0 aliphatic carbocycles. The fraction of sp³-hybridized carbons (Fsp3) is 0.278. The lowest BCUT2D eigenvalue weighted by Gasteiger charge is -2.19. The first-order valence-corrected chi connectivity index (χ1v) is 10.0. The Kier molecular flexibility index (Phi) is 6.84. The summed E-state index contributed by atoms with van der Waals surface area (Å²) in [7, 11) is 0. The van der Waals surface area contributed by atoms with E-state index in [4.69, 9.17) is 27.7 Å². The molecule has 1 N–H and O–H groups in total. The molecule has 0 saturated heterocycles. The molecule has 0 aliphatic heterocycles. The highest BCUT2D eigenvalue weighted by Gasteiger charge is 2.16. The van der Waals surface area contributed by atoms with E-state index in [1.807, 2.05) is 29.3 Å². The first kappa shape index (κ1) is 19.8. The highest BCUT2D eigenvalue weighted by Crippen LogP contribution is 2.25. The normalized spacial score (nSPS) is 11.1. The van der Waals surface area contributed by atoms with E-state index in [-0.39, 0.29) is 12.5 Å². The number of benzene rings is 1. The lowest BCUT2D eigenvalue weighted by Crippen LogP contribution is -2.33. The van der Waals surface area contributed by atoms with Crippen molar-refractivity contribution in [1.82, 2.24) is 15.0 Å². The zero-order valence-corrected chi connectivity index (χ0v) is 16.9. The number of anilines is 1. The summed E-state index contributed by atoms with van der Waals surface area (Å²) in [5.74, 6) is 0.865. The van der Waals surface area contributed by atoms with E-state index in [1.165, 1.54) is 0 Å². The number of nitrogens with one attached hydrogen (secondary N) is 1. The van der Waals surface area contributed by atoms with Gasteiger partial charge in [0.2, 0.25) is 17.6 Å². The van der Waals surface area contributed by atoms with Crippen molar-refractivity contribution in [2.24, 2.45) is 0 Å². The summed E-state index contributed by atoms with van der Waals surface area (Å²) in [6, 6.07) is 8.82. The van der Waals surface area contributed by atoms with Crippen LogP contribution in [0, 0.1) is 0 Å². The molecule has 1 amide bonds. The summed E-state index contributed by atoms with van der Waals surface area (Å²) in [6.45, 7) is 3.35. The van der Waals surface area contributed by atoms with E-state index in [1.54, 1.807) is 29.5 Å². The predicted octanol–water partition coefficient (Wildman–Crippen LogP) is 4.96. The lowest BCUT2D eigenvalue weighted by molar-refractivity contribution is -0.117. The van der Waals surface area contributed by atoms with Crippen LogP contribution in [0.15, 0.2) is 40.2 Å². The Labute approximate surface area is 171 Å². The van der Waals surface area contributed by atoms with Gasteiger partial charge in [0, 0.05) is 5.02 Å². The number of hydrogen-bond acceptors (Lipinski definition) is 6. The third-order valence-corrected chi connectivity index (χ3v) is 5.09. The number of hydrogen-bond donors (Lipinski definition) is 1. The summed E-state index contributed by atoms with van der Waals surface area (Å²) in [5, 5.41) is 9.68. The molecule has 0 aliphatic rings. The Morgan fingerprint density at radius 1 is 1.33 bits per heavy atom. The van der Waals surface area contributed by atoms with Crippen LogP contribution in [-0.4, -0.2) is 34.0 Å². The van der Waals surface area contributed by atoms with Crippen LogP contribution >= 0.6 is 34.5 Å². The zero-order valence-electron chi connectivity index (χ0n) is 14.6. The van der Waals surface area contributed by atoms with Gasteiger partial charge in [-0.3, -0.25) is 9.69 Å². The number of aromatic nitrogens is 2. The molecular formula is C18H18Cl2N4O2S. The Morgan fingerprint density at radius 3 is 2.89 bits per heavy atom. The van der Waals surface area contributed by atoms with Crippen LogP contribution in [0.4, 0.5) is 5.69 Å². The van der Waals surface area contributed by atoms with Crippen molar-refractivity contribution in [2.45, 2.75) is 19.9 Å². The van der Waals surface area contributed by atoms with E-state index in [0.717, 1.165) is 17.8 Å². The van der Waals surface area contributed by atoms with Crippen molar-refractivity contribution in [1.29, 1.82) is 0 Å². The van der Waals surface area contributed by atoms with Gasteiger partial charge in [-0.15, -0.1) is 11.3 Å². The minimum Gasteiger partial charge on any atom is -0.338 e. The van der Waals surface area contributed by atoms with Crippen molar-refractivity contribution in [3.8, 4) is 10.7 Å². The molecule has 0 unspecified atom stereocenters. The van der Waals surface area contributed by atoms with Crippen LogP contribution < -0.4 is 5.32 Å². The van der Waals surface area contributed by atoms with E-state index in [2.05, 4.69) is 15.5 Å². The van der Waals surface area contributed by atoms with Crippen LogP contribution in [0.3, 0.4) is 0 Å². The second-order valence-corrected chi connectivity index (χ2v) is 7.66. The third kappa shape index (κ3) is 5.52. The molecule has 0 spiro atoms. The van der Waals surface area contributed by atoms with E-state index in [9.17, 15) is 4.79 Å². The number of thiophene rings is 1. The maximum absolute atomic E-state index is 12.4. The topological polar surface area (TPSA) is 71.3 Å². The maximum atomic E-state index is 12.4. The molecule has 1 aromatic carbocycles. The Bertz CT molecular complexity index is 899. The number of amides is 1. The van der Waals surface area contributed by atoms with Gasteiger partial charge in [-0.25, -0.2) is 0 Å². The molecule has 3 aromatic rings. The standard InChI is InChI=1S/C18H18Cl2N4O2S/c1-2-7-24(10-16(25)21-14-6-5-12(19)9-13(14)20)11-17-22-18(23-26-17)15-4-3-8-27-15/h3-6,8-9H,2,7,10-11H2,1H3,(H,21,25). The van der Waals surface area contributed by atoms with Crippen molar-refractivity contribution < 1.29 is 9.32 Å². The smallest absolute Gasteiger partial charge is 0.241 e. The molecule has 142 valence electrons. The summed E-state index contributed by atoms with van der Waals surface area (Å²) >= 11 is 13.5. The van der Waals surface area contributed by atoms with Gasteiger partial charge < -0.3 is 9.84 Å². The molecule has 27 heavy (non-hydrogen) atoms. The summed E-state index contributed by atoms with van der Waals surface area (Å²) < 4.78 is 5.33. The predicted molar refractivity (Wildman–Crippen MR) is 108 cm³/mol. The van der Waals surface area contributed by atoms with Gasteiger partial charge in [0.05, 0.1) is 28.7 Å². The van der Waals surface area contributed by atoms with Crippen LogP contribution in [-0.2, 0) is 11.3 Å². The van der Waals surface area contributed by atoms with Gasteiger partial charge >= 0.3 is 0 Å². The molecule has 3 rings (SSSR count). The summed E-state index contributed by atoms with van der Waals surface area (Å²) in [4.78, 5) is 19.7. The van der Waals surface area contributed by atoms with E-state index < -0.39 is 0 Å². The average Bonchev–Trinajstić information content (AvgIpc) is 3.29. The maximum Gasteiger partial charge on any atom is 0.241 e. The molecule has 0 fully saturated rings. The van der Waals surface area contributed by atoms with Crippen LogP contribution in [0.1, 0.15) is 19.2 Å². The number of carbonyl (C=O) groups is 1. The quantitative estimate of drug-likeness (QED) is 0.553. The molecule has 2 heterocycles. The summed E-state index contributed by atoms with van der Waals surface area (Å²) in [5.41, 5.74) is 0.528. The molecule has 0 atom stereocenters. The van der Waals surface area contributed by atoms with Crippen molar-refractivity contribution in [2.75, 3.05) is 18.4 Å². The van der Waals surface area contributed by atoms with Crippen molar-refractivity contribution >= 4 is 46.1 Å². The summed E-state index contributed by atoms with van der Waals surface area (Å²) in [6.07, 6.45) is 0.890. The first-order valence-electron chi connectivity index (χ1n) is 8.39. The highest BCUT2D eigenvalue weighted by molar-refractivity contribution is 7.13. The second kappa shape index (κ2) is 9.32. The Morgan fingerprint density at radius 2 is 2.19 bits per heavy atom. The largest absolute Gasteiger partial charge is 0.338 e. The molecule has 0 saturated carbocycles. The number of rotatable bonds is 8. The molecule has 6 nitrogen and oxygen atoms in total. The molecular weight excluding hydrogens is 407 g/mol. The van der Waals surface area contributed by atoms with Crippen molar-refractivity contribution in [3.05, 3.63) is 51.6 Å². The fourth-order valence-electron chi connectivity index (χ4n) is 2.53. The van der Waals surface area contributed by atoms with E-state index >= 15 is 0 Å². The zero-order chi connectivity index (χ0) is 19.2. The van der Waals surface area contributed by atoms with Gasteiger partial charge in [0.25, 0.3) is 0 Å². The molecule has 0 radical (unpaired) electrons. The van der Waals surface area contributed by atoms with Gasteiger partial charge in [-0.05, 0) is 42.6 Å². The lowest BCUT2D eigenvalue weighted by atomic mass is 10.3. The van der Waals surface area contributed by atoms with Gasteiger partial charge in [0.15, 0.2) is 0 Å². The highest BCUT2D eigenvalue weighted by atomic mass is 35.5. The number of halogens is 2. The molecule has 0 bridgehead atoms. The molecule has 2 aromatic heterocycles. The SMILES string of the molecule is CCCN(CC(=O)Nc1ccc(Cl)cc1Cl)Cc1nc(-c2cccs2)no1. The minimum atomic E-state index is -0.175. The minimum absolute atomic E-state index is 0.175. The van der Waals surface area contributed by atoms with Gasteiger partial charge in [0.1, 0.15) is 0 Å². The van der Waals surface area contributed by atoms with Crippen LogP contribution in [0.2, 0.25) is 10.0 Å². The Hall–Kier alpha value is -1.93. The number of carbonyl (C=O) groups excluding carboxylic acids is 1. The Balaban J connectivity index is 1.62. The first-order chi connectivity index (χ1) is 13.0. The van der Waals surface area contributed by atoms with Gasteiger partial charge in [-0.1, -0.05) is 41.3 Å². The monoisotopic (exact) mass is 424 g/mol. The van der Waals surface area contributed by atoms with Crippen LogP contribution in [0.25, 0.3) is 10.7 Å². The van der Waals surface area contributed by atoms with Crippen molar-refractivity contribution in [3.63, 3.8) is 0 Å². The van der Waals surface area contributed by atoms with Crippen LogP contribution in [0.5, 0.6) is 0 Å². The molecule has 9 heteroatoms. The van der Waals surface area contributed by atoms with Gasteiger partial charge in [-0.2, -0.15) is 4.98 Å².